The number of hydrogen-bond acceptors (Lipinski definition) is 2. The van der Waals surface area contributed by atoms with Gasteiger partial charge in [-0.3, -0.25) is 4.68 Å². The zero-order chi connectivity index (χ0) is 13.8. The Hall–Kier alpha value is -0.830. The maximum absolute atomic E-state index is 4.43. The van der Waals surface area contributed by atoms with Crippen LogP contribution in [0, 0.1) is 16.7 Å². The highest BCUT2D eigenvalue weighted by molar-refractivity contribution is 5.25. The van der Waals surface area contributed by atoms with Crippen LogP contribution in [0.15, 0.2) is 6.20 Å². The molecule has 1 fully saturated rings. The number of rotatable bonds is 3. The van der Waals surface area contributed by atoms with Crippen molar-refractivity contribution >= 4 is 0 Å². The van der Waals surface area contributed by atoms with E-state index in [0.717, 1.165) is 12.5 Å². The smallest absolute Gasteiger partial charge is 0.0540 e. The number of hydrogen-bond donors (Lipinski definition) is 1. The fourth-order valence-electron chi connectivity index (χ4n) is 4.02. The highest BCUT2D eigenvalue weighted by Crippen LogP contribution is 2.68. The fraction of sp³-hybridized carbons (Fsp3) is 0.812. The summed E-state index contributed by atoms with van der Waals surface area (Å²) >= 11 is 0. The van der Waals surface area contributed by atoms with E-state index in [9.17, 15) is 0 Å². The molecule has 2 aliphatic carbocycles. The van der Waals surface area contributed by atoms with E-state index in [1.807, 2.05) is 4.68 Å². The lowest BCUT2D eigenvalue weighted by atomic mass is 9.93. The molecule has 0 aromatic carbocycles. The van der Waals surface area contributed by atoms with Crippen molar-refractivity contribution in [2.45, 2.75) is 53.0 Å². The summed E-state index contributed by atoms with van der Waals surface area (Å²) in [5.41, 5.74) is 3.82. The van der Waals surface area contributed by atoms with E-state index in [-0.39, 0.29) is 0 Å². The van der Waals surface area contributed by atoms with Crippen LogP contribution in [0.2, 0.25) is 0 Å². The predicted molar refractivity (Wildman–Crippen MR) is 77.9 cm³/mol. The SMILES string of the molecule is Cn1ncc2c1CCCC2NCC1C(C)(C)C1(C)C. The van der Waals surface area contributed by atoms with E-state index in [0.29, 0.717) is 16.9 Å². The van der Waals surface area contributed by atoms with Gasteiger partial charge in [-0.15, -0.1) is 0 Å². The first kappa shape index (κ1) is 13.2. The van der Waals surface area contributed by atoms with Crippen molar-refractivity contribution in [3.63, 3.8) is 0 Å². The molecule has 19 heavy (non-hydrogen) atoms. The molecule has 2 aliphatic rings. The molecule has 0 bridgehead atoms. The Morgan fingerprint density at radius 3 is 2.63 bits per heavy atom. The first-order valence-electron chi connectivity index (χ1n) is 7.60. The van der Waals surface area contributed by atoms with Gasteiger partial charge in [0.1, 0.15) is 0 Å². The average Bonchev–Trinajstić information content (AvgIpc) is 2.63. The Morgan fingerprint density at radius 2 is 2.00 bits per heavy atom. The van der Waals surface area contributed by atoms with Crippen molar-refractivity contribution in [3.8, 4) is 0 Å². The van der Waals surface area contributed by atoms with Gasteiger partial charge >= 0.3 is 0 Å². The highest BCUT2D eigenvalue weighted by atomic mass is 15.3. The van der Waals surface area contributed by atoms with Gasteiger partial charge in [0, 0.05) is 24.3 Å². The lowest BCUT2D eigenvalue weighted by molar-refractivity contribution is 0.421. The van der Waals surface area contributed by atoms with Crippen LogP contribution >= 0.6 is 0 Å². The summed E-state index contributed by atoms with van der Waals surface area (Å²) in [4.78, 5) is 0. The fourth-order valence-corrected chi connectivity index (χ4v) is 4.02. The van der Waals surface area contributed by atoms with Crippen LogP contribution in [0.3, 0.4) is 0 Å². The zero-order valence-electron chi connectivity index (χ0n) is 13.0. The monoisotopic (exact) mass is 261 g/mol. The Kier molecular flexibility index (Phi) is 2.83. The normalized spacial score (nSPS) is 28.2. The minimum absolute atomic E-state index is 0.479. The van der Waals surface area contributed by atoms with Crippen LogP contribution in [0.1, 0.15) is 57.8 Å². The first-order valence-corrected chi connectivity index (χ1v) is 7.60. The molecule has 0 aliphatic heterocycles. The van der Waals surface area contributed by atoms with Gasteiger partial charge in [0.2, 0.25) is 0 Å². The molecular formula is C16H27N3. The summed E-state index contributed by atoms with van der Waals surface area (Å²) in [6.45, 7) is 10.7. The molecule has 1 aromatic rings. The van der Waals surface area contributed by atoms with E-state index >= 15 is 0 Å². The molecule has 0 amide bonds. The van der Waals surface area contributed by atoms with E-state index < -0.39 is 0 Å². The molecule has 1 unspecified atom stereocenters. The molecule has 0 spiro atoms. The lowest BCUT2D eigenvalue weighted by Crippen LogP contribution is -2.28. The van der Waals surface area contributed by atoms with Gasteiger partial charge in [-0.2, -0.15) is 5.10 Å². The average molecular weight is 261 g/mol. The topological polar surface area (TPSA) is 29.9 Å². The summed E-state index contributed by atoms with van der Waals surface area (Å²) in [6, 6.07) is 0.518. The van der Waals surface area contributed by atoms with E-state index in [4.69, 9.17) is 0 Å². The van der Waals surface area contributed by atoms with Gasteiger partial charge in [-0.1, -0.05) is 27.7 Å². The van der Waals surface area contributed by atoms with Crippen LogP contribution < -0.4 is 5.32 Å². The van der Waals surface area contributed by atoms with Gasteiger partial charge in [-0.25, -0.2) is 0 Å². The molecule has 1 heterocycles. The molecule has 106 valence electrons. The van der Waals surface area contributed by atoms with Crippen molar-refractivity contribution < 1.29 is 0 Å². The van der Waals surface area contributed by atoms with E-state index in [1.165, 1.54) is 30.5 Å². The van der Waals surface area contributed by atoms with Crippen LogP contribution in [0.25, 0.3) is 0 Å². The zero-order valence-corrected chi connectivity index (χ0v) is 13.0. The Labute approximate surface area is 116 Å². The third-order valence-corrected chi connectivity index (χ3v) is 6.26. The maximum atomic E-state index is 4.43. The van der Waals surface area contributed by atoms with Gasteiger partial charge in [0.15, 0.2) is 0 Å². The number of fused-ring (bicyclic) bond motifs is 1. The van der Waals surface area contributed by atoms with Gasteiger partial charge in [0.25, 0.3) is 0 Å². The Bertz CT molecular complexity index is 470. The summed E-state index contributed by atoms with van der Waals surface area (Å²) in [5, 5.41) is 8.24. The second-order valence-electron chi connectivity index (χ2n) is 7.52. The van der Waals surface area contributed by atoms with Gasteiger partial charge < -0.3 is 5.32 Å². The van der Waals surface area contributed by atoms with E-state index in [1.54, 1.807) is 0 Å². The van der Waals surface area contributed by atoms with Crippen LogP contribution in [-0.4, -0.2) is 16.3 Å². The first-order chi connectivity index (χ1) is 8.85. The molecule has 3 nitrogen and oxygen atoms in total. The maximum Gasteiger partial charge on any atom is 0.0540 e. The summed E-state index contributed by atoms with van der Waals surface area (Å²) < 4.78 is 2.05. The molecule has 0 saturated heterocycles. The second kappa shape index (κ2) is 4.08. The largest absolute Gasteiger partial charge is 0.309 e. The van der Waals surface area contributed by atoms with Gasteiger partial charge in [0.05, 0.1) is 6.20 Å². The molecule has 1 saturated carbocycles. The third kappa shape index (κ3) is 1.85. The van der Waals surface area contributed by atoms with Crippen molar-refractivity contribution in [3.05, 3.63) is 17.5 Å². The van der Waals surface area contributed by atoms with E-state index in [2.05, 4.69) is 51.4 Å². The standard InChI is InChI=1S/C16H27N3/c1-15(2)14(16(15,3)4)10-17-12-7-6-8-13-11(12)9-18-19(13)5/h9,12,14,17H,6-8,10H2,1-5H3. The van der Waals surface area contributed by atoms with Gasteiger partial charge in [-0.05, 0) is 42.6 Å². The number of aryl methyl sites for hydroxylation is 1. The molecule has 3 rings (SSSR count). The van der Waals surface area contributed by atoms with Crippen molar-refractivity contribution in [1.29, 1.82) is 0 Å². The second-order valence-corrected chi connectivity index (χ2v) is 7.52. The molecule has 3 heteroatoms. The minimum atomic E-state index is 0.479. The molecule has 1 aromatic heterocycles. The summed E-state index contributed by atoms with van der Waals surface area (Å²) in [6.07, 6.45) is 5.79. The lowest BCUT2D eigenvalue weighted by Gasteiger charge is -2.24. The molecular weight excluding hydrogens is 234 g/mol. The number of aromatic nitrogens is 2. The van der Waals surface area contributed by atoms with Crippen molar-refractivity contribution in [2.75, 3.05) is 6.54 Å². The number of nitrogens with one attached hydrogen (secondary N) is 1. The highest BCUT2D eigenvalue weighted by Gasteiger charge is 2.63. The Morgan fingerprint density at radius 1 is 1.32 bits per heavy atom. The number of nitrogens with zero attached hydrogens (tertiary/aromatic N) is 2. The molecule has 1 N–H and O–H groups in total. The summed E-state index contributed by atoms with van der Waals surface area (Å²) in [5.74, 6) is 0.794. The van der Waals surface area contributed by atoms with Crippen LogP contribution in [-0.2, 0) is 13.5 Å². The molecule has 1 atom stereocenters. The Balaban J connectivity index is 1.67. The van der Waals surface area contributed by atoms with Crippen LogP contribution in [0.5, 0.6) is 0 Å². The van der Waals surface area contributed by atoms with Crippen molar-refractivity contribution in [1.82, 2.24) is 15.1 Å². The minimum Gasteiger partial charge on any atom is -0.309 e. The quantitative estimate of drug-likeness (QED) is 0.906. The third-order valence-electron chi connectivity index (χ3n) is 6.26. The van der Waals surface area contributed by atoms with Crippen LogP contribution in [0.4, 0.5) is 0 Å². The predicted octanol–water partition coefficient (Wildman–Crippen LogP) is 3.07. The summed E-state index contributed by atoms with van der Waals surface area (Å²) in [7, 11) is 2.06. The molecule has 0 radical (unpaired) electrons. The van der Waals surface area contributed by atoms with Crippen molar-refractivity contribution in [2.24, 2.45) is 23.8 Å².